The van der Waals surface area contributed by atoms with Gasteiger partial charge in [0.2, 0.25) is 6.08 Å². The van der Waals surface area contributed by atoms with E-state index in [1.54, 1.807) is 0 Å². The molecule has 1 aromatic carbocycles. The van der Waals surface area contributed by atoms with Crippen LogP contribution in [0.4, 0.5) is 8.78 Å². The molecule has 2 nitrogen and oxygen atoms in total. The van der Waals surface area contributed by atoms with E-state index in [2.05, 4.69) is 4.99 Å². The molecule has 1 aliphatic carbocycles. The summed E-state index contributed by atoms with van der Waals surface area (Å²) in [4.78, 5) is 14.3. The highest BCUT2D eigenvalue weighted by molar-refractivity contribution is 6.30. The van der Waals surface area contributed by atoms with Gasteiger partial charge in [0.1, 0.15) is 0 Å². The topological polar surface area (TPSA) is 29.4 Å². The van der Waals surface area contributed by atoms with Crippen LogP contribution >= 0.6 is 11.6 Å². The molecule has 5 heteroatoms. The summed E-state index contributed by atoms with van der Waals surface area (Å²) >= 11 is 5.60. The van der Waals surface area contributed by atoms with Crippen LogP contribution in [0.15, 0.2) is 17.1 Å². The highest BCUT2D eigenvalue weighted by Gasteiger charge is 2.36. The Balaban J connectivity index is 2.54. The van der Waals surface area contributed by atoms with Crippen LogP contribution in [0.1, 0.15) is 31.2 Å². The number of aliphatic imine (C=N–C) groups is 1. The number of benzene rings is 1. The predicted molar refractivity (Wildman–Crippen MR) is 59.6 cm³/mol. The fraction of sp³-hybridized carbons (Fsp3) is 0.417. The van der Waals surface area contributed by atoms with Crippen molar-refractivity contribution in [2.75, 3.05) is 0 Å². The smallest absolute Gasteiger partial charge is 0.211 e. The molecule has 0 amide bonds. The Kier molecular flexibility index (Phi) is 3.27. The Bertz CT molecular complexity index is 468. The van der Waals surface area contributed by atoms with Crippen LogP contribution in [0.3, 0.4) is 0 Å². The molecule has 90 valence electrons. The molecule has 0 saturated heterocycles. The van der Waals surface area contributed by atoms with E-state index in [9.17, 15) is 13.6 Å². The Morgan fingerprint density at radius 1 is 1.29 bits per heavy atom. The van der Waals surface area contributed by atoms with Crippen LogP contribution in [0.2, 0.25) is 5.02 Å². The van der Waals surface area contributed by atoms with Gasteiger partial charge in [0, 0.05) is 0 Å². The van der Waals surface area contributed by atoms with Gasteiger partial charge in [-0.05, 0) is 30.5 Å². The highest BCUT2D eigenvalue weighted by Crippen LogP contribution is 2.43. The lowest BCUT2D eigenvalue weighted by Gasteiger charge is -2.23. The fourth-order valence-corrected chi connectivity index (χ4v) is 2.54. The molecule has 1 fully saturated rings. The normalized spacial score (nSPS) is 17.8. The maximum Gasteiger partial charge on any atom is 0.235 e. The van der Waals surface area contributed by atoms with Crippen molar-refractivity contribution in [3.63, 3.8) is 0 Å². The van der Waals surface area contributed by atoms with Crippen LogP contribution < -0.4 is 0 Å². The average Bonchev–Trinajstić information content (AvgIpc) is 2.75. The van der Waals surface area contributed by atoms with Gasteiger partial charge in [-0.3, -0.25) is 0 Å². The quantitative estimate of drug-likeness (QED) is 0.451. The SMILES string of the molecule is O=C=NC1(c2cc(F)c(F)c(Cl)c2)CCCC1. The van der Waals surface area contributed by atoms with Gasteiger partial charge in [0.25, 0.3) is 0 Å². The van der Waals surface area contributed by atoms with E-state index in [0.29, 0.717) is 18.4 Å². The summed E-state index contributed by atoms with van der Waals surface area (Å²) in [6.07, 6.45) is 4.56. The van der Waals surface area contributed by atoms with E-state index in [0.717, 1.165) is 18.9 Å². The largest absolute Gasteiger partial charge is 0.235 e. The molecule has 1 aromatic rings. The van der Waals surface area contributed by atoms with Crippen molar-refractivity contribution in [3.05, 3.63) is 34.4 Å². The molecule has 0 aromatic heterocycles. The molecule has 1 saturated carbocycles. The maximum absolute atomic E-state index is 13.3. The Hall–Kier alpha value is -1.25. The molecule has 0 atom stereocenters. The van der Waals surface area contributed by atoms with Gasteiger partial charge in [-0.25, -0.2) is 13.6 Å². The summed E-state index contributed by atoms with van der Waals surface area (Å²) in [6.45, 7) is 0. The van der Waals surface area contributed by atoms with Gasteiger partial charge >= 0.3 is 0 Å². The lowest BCUT2D eigenvalue weighted by molar-refractivity contribution is 0.446. The third kappa shape index (κ3) is 2.11. The van der Waals surface area contributed by atoms with Gasteiger partial charge in [0.05, 0.1) is 10.6 Å². The molecular formula is C12H10ClF2NO. The summed E-state index contributed by atoms with van der Waals surface area (Å²) in [5, 5.41) is -0.285. The first kappa shape index (κ1) is 12.2. The minimum Gasteiger partial charge on any atom is -0.211 e. The monoisotopic (exact) mass is 257 g/mol. The number of carbonyl (C=O) groups excluding carboxylic acids is 1. The number of isocyanates is 1. The Morgan fingerprint density at radius 2 is 1.94 bits per heavy atom. The summed E-state index contributed by atoms with van der Waals surface area (Å²) in [5.41, 5.74) is -0.331. The van der Waals surface area contributed by atoms with E-state index in [1.165, 1.54) is 12.1 Å². The molecule has 1 aliphatic rings. The van der Waals surface area contributed by atoms with Crippen molar-refractivity contribution < 1.29 is 13.6 Å². The minimum absolute atomic E-state index is 0.285. The Labute approximate surface area is 102 Å². The molecule has 2 rings (SSSR count). The minimum atomic E-state index is -1.07. The van der Waals surface area contributed by atoms with Crippen molar-refractivity contribution in [1.29, 1.82) is 0 Å². The molecule has 0 heterocycles. The summed E-state index contributed by atoms with van der Waals surface area (Å²) < 4.78 is 26.4. The molecule has 0 N–H and O–H groups in total. The lowest BCUT2D eigenvalue weighted by Crippen LogP contribution is -2.19. The molecule has 0 radical (unpaired) electrons. The third-order valence-corrected chi connectivity index (χ3v) is 3.49. The highest BCUT2D eigenvalue weighted by atomic mass is 35.5. The second-order valence-electron chi connectivity index (χ2n) is 4.20. The number of hydrogen-bond acceptors (Lipinski definition) is 2. The van der Waals surface area contributed by atoms with Crippen LogP contribution in [0.5, 0.6) is 0 Å². The van der Waals surface area contributed by atoms with Crippen molar-refractivity contribution in [2.24, 2.45) is 4.99 Å². The van der Waals surface area contributed by atoms with Gasteiger partial charge in [0.15, 0.2) is 11.6 Å². The van der Waals surface area contributed by atoms with Gasteiger partial charge < -0.3 is 0 Å². The van der Waals surface area contributed by atoms with Crippen LogP contribution in [0.25, 0.3) is 0 Å². The van der Waals surface area contributed by atoms with Gasteiger partial charge in [-0.1, -0.05) is 24.4 Å². The number of hydrogen-bond donors (Lipinski definition) is 0. The van der Waals surface area contributed by atoms with E-state index in [4.69, 9.17) is 11.6 Å². The molecular weight excluding hydrogens is 248 g/mol. The summed E-state index contributed by atoms with van der Waals surface area (Å²) in [7, 11) is 0. The number of rotatable bonds is 2. The van der Waals surface area contributed by atoms with E-state index >= 15 is 0 Å². The van der Waals surface area contributed by atoms with Crippen LogP contribution in [-0.4, -0.2) is 6.08 Å². The van der Waals surface area contributed by atoms with Crippen molar-refractivity contribution in [2.45, 2.75) is 31.2 Å². The first-order chi connectivity index (χ1) is 8.09. The van der Waals surface area contributed by atoms with Crippen LogP contribution in [0, 0.1) is 11.6 Å². The van der Waals surface area contributed by atoms with E-state index < -0.39 is 17.2 Å². The van der Waals surface area contributed by atoms with Gasteiger partial charge in [-0.2, -0.15) is 4.99 Å². The van der Waals surface area contributed by atoms with E-state index in [-0.39, 0.29) is 5.02 Å². The van der Waals surface area contributed by atoms with Gasteiger partial charge in [-0.15, -0.1) is 0 Å². The van der Waals surface area contributed by atoms with Crippen molar-refractivity contribution >= 4 is 17.7 Å². The third-order valence-electron chi connectivity index (χ3n) is 3.21. The second-order valence-corrected chi connectivity index (χ2v) is 4.60. The zero-order valence-corrected chi connectivity index (χ0v) is 9.73. The maximum atomic E-state index is 13.3. The molecule has 17 heavy (non-hydrogen) atoms. The second kappa shape index (κ2) is 4.55. The fourth-order valence-electron chi connectivity index (χ4n) is 2.34. The summed E-state index contributed by atoms with van der Waals surface area (Å²) in [5.74, 6) is -2.08. The lowest BCUT2D eigenvalue weighted by atomic mass is 9.89. The van der Waals surface area contributed by atoms with E-state index in [1.807, 2.05) is 0 Å². The standard InChI is InChI=1S/C12H10ClF2NO/c13-9-5-8(6-10(14)11(9)15)12(16-7-17)3-1-2-4-12/h5-6H,1-4H2. The van der Waals surface area contributed by atoms with Crippen molar-refractivity contribution in [1.82, 2.24) is 0 Å². The Morgan fingerprint density at radius 3 is 2.47 bits per heavy atom. The zero-order valence-electron chi connectivity index (χ0n) is 8.97. The molecule has 0 spiro atoms. The molecule has 0 aliphatic heterocycles. The first-order valence-corrected chi connectivity index (χ1v) is 5.71. The van der Waals surface area contributed by atoms with Crippen LogP contribution in [-0.2, 0) is 10.3 Å². The first-order valence-electron chi connectivity index (χ1n) is 5.33. The zero-order chi connectivity index (χ0) is 12.5. The predicted octanol–water partition coefficient (Wildman–Crippen LogP) is 3.72. The summed E-state index contributed by atoms with van der Waals surface area (Å²) in [6, 6.07) is 2.40. The number of halogens is 3. The van der Waals surface area contributed by atoms with Crippen molar-refractivity contribution in [3.8, 4) is 0 Å². The molecule has 0 bridgehead atoms. The average molecular weight is 258 g/mol. The molecule has 0 unspecified atom stereocenters. The number of nitrogens with zero attached hydrogens (tertiary/aromatic N) is 1.